The van der Waals surface area contributed by atoms with Crippen LogP contribution in [0, 0.1) is 0 Å². The van der Waals surface area contributed by atoms with E-state index in [1.165, 1.54) is 0 Å². The van der Waals surface area contributed by atoms with E-state index < -0.39 is 0 Å². The Morgan fingerprint density at radius 3 is 2.31 bits per heavy atom. The van der Waals surface area contributed by atoms with Crippen molar-refractivity contribution in [2.75, 3.05) is 7.11 Å². The minimum absolute atomic E-state index is 0.0459. The Kier molecular flexibility index (Phi) is 5.84. The largest absolute Gasteiger partial charge is 0.497 e. The molecule has 0 saturated heterocycles. The molecule has 0 atom stereocenters. The van der Waals surface area contributed by atoms with E-state index in [-0.39, 0.29) is 5.78 Å². The molecule has 0 aromatic heterocycles. The van der Waals surface area contributed by atoms with Gasteiger partial charge in [-0.1, -0.05) is 60.7 Å². The Labute approximate surface area is 153 Å². The quantitative estimate of drug-likeness (QED) is 0.438. The summed E-state index contributed by atoms with van der Waals surface area (Å²) < 4.78 is 11.2. The summed E-state index contributed by atoms with van der Waals surface area (Å²) in [6, 6.07) is 24.7. The van der Waals surface area contributed by atoms with Gasteiger partial charge in [0.05, 0.1) is 7.11 Å². The number of benzene rings is 3. The Morgan fingerprint density at radius 1 is 0.923 bits per heavy atom. The van der Waals surface area contributed by atoms with Gasteiger partial charge in [-0.2, -0.15) is 0 Å². The molecular formula is C23H20O3. The minimum Gasteiger partial charge on any atom is -0.497 e. The fourth-order valence-electron chi connectivity index (χ4n) is 2.50. The molecule has 0 heterocycles. The van der Waals surface area contributed by atoms with Gasteiger partial charge in [0, 0.05) is 17.2 Å². The maximum atomic E-state index is 12.3. The lowest BCUT2D eigenvalue weighted by Crippen LogP contribution is -1.98. The van der Waals surface area contributed by atoms with Gasteiger partial charge in [0.1, 0.15) is 18.1 Å². The molecule has 3 aromatic carbocycles. The number of methoxy groups -OCH3 is 1. The van der Waals surface area contributed by atoms with Gasteiger partial charge >= 0.3 is 0 Å². The summed E-state index contributed by atoms with van der Waals surface area (Å²) in [5.41, 5.74) is 2.56. The highest BCUT2D eigenvalue weighted by Crippen LogP contribution is 2.27. The van der Waals surface area contributed by atoms with E-state index in [2.05, 4.69) is 0 Å². The van der Waals surface area contributed by atoms with Gasteiger partial charge in [-0.15, -0.1) is 0 Å². The van der Waals surface area contributed by atoms with Crippen LogP contribution in [0.1, 0.15) is 21.5 Å². The first-order valence-electron chi connectivity index (χ1n) is 8.38. The zero-order valence-electron chi connectivity index (χ0n) is 14.6. The van der Waals surface area contributed by atoms with Crippen LogP contribution in [0.2, 0.25) is 0 Å². The summed E-state index contributed by atoms with van der Waals surface area (Å²) in [6.45, 7) is 0.446. The van der Waals surface area contributed by atoms with Crippen LogP contribution >= 0.6 is 0 Å². The molecule has 0 saturated carbocycles. The van der Waals surface area contributed by atoms with E-state index in [4.69, 9.17) is 9.47 Å². The summed E-state index contributed by atoms with van der Waals surface area (Å²) >= 11 is 0. The predicted molar refractivity (Wildman–Crippen MR) is 104 cm³/mol. The van der Waals surface area contributed by atoms with Crippen molar-refractivity contribution < 1.29 is 14.3 Å². The van der Waals surface area contributed by atoms with E-state index >= 15 is 0 Å². The third-order valence-corrected chi connectivity index (χ3v) is 3.93. The minimum atomic E-state index is -0.0459. The molecule has 0 bridgehead atoms. The summed E-state index contributed by atoms with van der Waals surface area (Å²) in [6.07, 6.45) is 3.33. The van der Waals surface area contributed by atoms with Crippen LogP contribution in [0.3, 0.4) is 0 Å². The van der Waals surface area contributed by atoms with Crippen molar-refractivity contribution in [2.24, 2.45) is 0 Å². The number of allylic oxidation sites excluding steroid dienone is 1. The van der Waals surface area contributed by atoms with Crippen LogP contribution in [-0.4, -0.2) is 12.9 Å². The maximum absolute atomic E-state index is 12.3. The van der Waals surface area contributed by atoms with Gasteiger partial charge in [0.15, 0.2) is 5.78 Å². The standard InChI is InChI=1S/C23H20O3/c1-25-21-14-12-20(13-15-22(24)19-10-6-3-7-11-19)23(16-21)26-17-18-8-4-2-5-9-18/h2-16H,17H2,1H3. The number of carbonyl (C=O) groups excluding carboxylic acids is 1. The Morgan fingerprint density at radius 2 is 1.62 bits per heavy atom. The van der Waals surface area contributed by atoms with Crippen LogP contribution in [0.25, 0.3) is 6.08 Å². The summed E-state index contributed by atoms with van der Waals surface area (Å²) in [7, 11) is 1.62. The second-order valence-electron chi connectivity index (χ2n) is 5.74. The third kappa shape index (κ3) is 4.61. The van der Waals surface area contributed by atoms with E-state index in [1.807, 2.05) is 66.7 Å². The fourth-order valence-corrected chi connectivity index (χ4v) is 2.50. The van der Waals surface area contributed by atoms with Crippen molar-refractivity contribution in [3.8, 4) is 11.5 Å². The molecule has 3 nitrogen and oxygen atoms in total. The first-order chi connectivity index (χ1) is 12.8. The van der Waals surface area contributed by atoms with Crippen LogP contribution in [-0.2, 0) is 6.61 Å². The molecule has 0 aliphatic heterocycles. The predicted octanol–water partition coefficient (Wildman–Crippen LogP) is 5.17. The van der Waals surface area contributed by atoms with E-state index in [0.29, 0.717) is 23.7 Å². The van der Waals surface area contributed by atoms with Gasteiger partial charge in [-0.25, -0.2) is 0 Å². The lowest BCUT2D eigenvalue weighted by atomic mass is 10.1. The molecule has 0 spiro atoms. The summed E-state index contributed by atoms with van der Waals surface area (Å²) in [4.78, 5) is 12.3. The lowest BCUT2D eigenvalue weighted by Gasteiger charge is -2.11. The smallest absolute Gasteiger partial charge is 0.185 e. The zero-order chi connectivity index (χ0) is 18.2. The van der Waals surface area contributed by atoms with Gasteiger partial charge in [-0.05, 0) is 29.8 Å². The zero-order valence-corrected chi connectivity index (χ0v) is 14.6. The number of ketones is 1. The molecule has 0 aliphatic rings. The van der Waals surface area contributed by atoms with Crippen molar-refractivity contribution in [3.63, 3.8) is 0 Å². The van der Waals surface area contributed by atoms with Crippen LogP contribution in [0.4, 0.5) is 0 Å². The second kappa shape index (κ2) is 8.67. The highest BCUT2D eigenvalue weighted by Gasteiger charge is 2.06. The molecule has 3 rings (SSSR count). The lowest BCUT2D eigenvalue weighted by molar-refractivity contribution is 0.104. The molecule has 0 fully saturated rings. The van der Waals surface area contributed by atoms with Gasteiger partial charge in [0.25, 0.3) is 0 Å². The first kappa shape index (κ1) is 17.5. The molecular weight excluding hydrogens is 324 g/mol. The molecule has 0 aliphatic carbocycles. The van der Waals surface area contributed by atoms with Gasteiger partial charge in [0.2, 0.25) is 0 Å². The Hall–Kier alpha value is -3.33. The number of hydrogen-bond donors (Lipinski definition) is 0. The summed E-state index contributed by atoms with van der Waals surface area (Å²) in [5, 5.41) is 0. The third-order valence-electron chi connectivity index (χ3n) is 3.93. The van der Waals surface area contributed by atoms with Crippen LogP contribution in [0.5, 0.6) is 11.5 Å². The van der Waals surface area contributed by atoms with Crippen molar-refractivity contribution >= 4 is 11.9 Å². The molecule has 0 radical (unpaired) electrons. The van der Waals surface area contributed by atoms with Gasteiger partial charge in [-0.3, -0.25) is 4.79 Å². The summed E-state index contributed by atoms with van der Waals surface area (Å²) in [5.74, 6) is 1.33. The number of carbonyl (C=O) groups is 1. The highest BCUT2D eigenvalue weighted by molar-refractivity contribution is 6.06. The van der Waals surface area contributed by atoms with Crippen LogP contribution < -0.4 is 9.47 Å². The molecule has 130 valence electrons. The average molecular weight is 344 g/mol. The molecule has 26 heavy (non-hydrogen) atoms. The fraction of sp³-hybridized carbons (Fsp3) is 0.0870. The van der Waals surface area contributed by atoms with Gasteiger partial charge < -0.3 is 9.47 Å². The van der Waals surface area contributed by atoms with Crippen molar-refractivity contribution in [1.29, 1.82) is 0 Å². The SMILES string of the molecule is COc1ccc(C=CC(=O)c2ccccc2)c(OCc2ccccc2)c1. The topological polar surface area (TPSA) is 35.5 Å². The maximum Gasteiger partial charge on any atom is 0.185 e. The molecule has 3 heteroatoms. The van der Waals surface area contributed by atoms with E-state index in [9.17, 15) is 4.79 Å². The monoisotopic (exact) mass is 344 g/mol. The van der Waals surface area contributed by atoms with E-state index in [1.54, 1.807) is 31.4 Å². The molecule has 0 N–H and O–H groups in total. The van der Waals surface area contributed by atoms with Crippen molar-refractivity contribution in [3.05, 3.63) is 102 Å². The Bertz CT molecular complexity index is 884. The first-order valence-corrected chi connectivity index (χ1v) is 8.38. The number of rotatable bonds is 7. The molecule has 0 amide bonds. The Balaban J connectivity index is 1.79. The average Bonchev–Trinajstić information content (AvgIpc) is 2.72. The van der Waals surface area contributed by atoms with Crippen molar-refractivity contribution in [2.45, 2.75) is 6.61 Å². The van der Waals surface area contributed by atoms with E-state index in [0.717, 1.165) is 11.1 Å². The normalized spacial score (nSPS) is 10.7. The highest BCUT2D eigenvalue weighted by atomic mass is 16.5. The number of ether oxygens (including phenoxy) is 2. The number of hydrogen-bond acceptors (Lipinski definition) is 3. The van der Waals surface area contributed by atoms with Crippen LogP contribution in [0.15, 0.2) is 84.9 Å². The molecule has 3 aromatic rings. The van der Waals surface area contributed by atoms with Crippen molar-refractivity contribution in [1.82, 2.24) is 0 Å². The second-order valence-corrected chi connectivity index (χ2v) is 5.74. The molecule has 0 unspecified atom stereocenters.